The molecular weight excluding hydrogens is 580 g/mol. The topological polar surface area (TPSA) is 76.2 Å². The first-order valence-electron chi connectivity index (χ1n) is 12.5. The van der Waals surface area contributed by atoms with Crippen LogP contribution in [-0.4, -0.2) is 47.1 Å². The van der Waals surface area contributed by atoms with E-state index < -0.39 is 11.1 Å². The SMILES string of the molecule is COc1cc(/C=C2\SC(=O)N(CC(=O)N3CCc4ccccc4C3)C2=O)c(Br)cc1OCc1cccc(C)c1. The quantitative estimate of drug-likeness (QED) is 0.309. The molecular formula is C30H27BrN2O5S. The standard InChI is InChI=1S/C30H27BrN2O5S/c1-19-6-5-7-20(12-19)18-38-26-15-24(31)23(13-25(26)37-2)14-27-29(35)33(30(36)39-27)17-28(34)32-11-10-21-8-3-4-9-22(21)16-32/h3-9,12-15H,10-11,16-18H2,1-2H3/b27-14-. The second kappa shape index (κ2) is 11.7. The molecule has 1 fully saturated rings. The number of ether oxygens (including phenoxy) is 2. The first-order chi connectivity index (χ1) is 18.8. The minimum absolute atomic E-state index is 0.243. The predicted octanol–water partition coefficient (Wildman–Crippen LogP) is 5.97. The number of fused-ring (bicyclic) bond motifs is 1. The van der Waals surface area contributed by atoms with Crippen molar-refractivity contribution in [3.63, 3.8) is 0 Å². The molecule has 1 saturated heterocycles. The summed E-state index contributed by atoms with van der Waals surface area (Å²) in [5.74, 6) is 0.314. The summed E-state index contributed by atoms with van der Waals surface area (Å²) in [6.45, 7) is 3.17. The van der Waals surface area contributed by atoms with E-state index in [9.17, 15) is 14.4 Å². The van der Waals surface area contributed by atoms with Crippen LogP contribution in [0.1, 0.15) is 27.8 Å². The van der Waals surface area contributed by atoms with Crippen molar-refractivity contribution in [1.29, 1.82) is 0 Å². The van der Waals surface area contributed by atoms with Crippen molar-refractivity contribution < 1.29 is 23.9 Å². The monoisotopic (exact) mass is 606 g/mol. The molecule has 2 aliphatic rings. The zero-order chi connectivity index (χ0) is 27.5. The van der Waals surface area contributed by atoms with E-state index in [-0.39, 0.29) is 17.4 Å². The largest absolute Gasteiger partial charge is 0.493 e. The molecule has 0 unspecified atom stereocenters. The van der Waals surface area contributed by atoms with Gasteiger partial charge in [-0.3, -0.25) is 19.3 Å². The van der Waals surface area contributed by atoms with Gasteiger partial charge < -0.3 is 14.4 Å². The summed E-state index contributed by atoms with van der Waals surface area (Å²) in [6.07, 6.45) is 2.38. The van der Waals surface area contributed by atoms with Crippen LogP contribution in [0.25, 0.3) is 6.08 Å². The summed E-state index contributed by atoms with van der Waals surface area (Å²) < 4.78 is 12.2. The van der Waals surface area contributed by atoms with Gasteiger partial charge in [0.15, 0.2) is 11.5 Å². The van der Waals surface area contributed by atoms with Gasteiger partial charge in [0, 0.05) is 17.6 Å². The summed E-state index contributed by atoms with van der Waals surface area (Å²) in [4.78, 5) is 41.8. The number of methoxy groups -OCH3 is 1. The highest BCUT2D eigenvalue weighted by Crippen LogP contribution is 2.38. The zero-order valence-corrected chi connectivity index (χ0v) is 24.0. The highest BCUT2D eigenvalue weighted by molar-refractivity contribution is 9.10. The first kappa shape index (κ1) is 27.0. The van der Waals surface area contributed by atoms with Gasteiger partial charge in [0.1, 0.15) is 13.2 Å². The van der Waals surface area contributed by atoms with E-state index in [4.69, 9.17) is 9.47 Å². The van der Waals surface area contributed by atoms with Crippen molar-refractivity contribution in [1.82, 2.24) is 9.80 Å². The normalized spacial score (nSPS) is 16.0. The van der Waals surface area contributed by atoms with Crippen LogP contribution < -0.4 is 9.47 Å². The lowest BCUT2D eigenvalue weighted by Gasteiger charge is -2.29. The first-order valence-corrected chi connectivity index (χ1v) is 14.1. The van der Waals surface area contributed by atoms with Gasteiger partial charge in [-0.15, -0.1) is 0 Å². The lowest BCUT2D eigenvalue weighted by molar-refractivity contribution is -0.136. The molecule has 0 saturated carbocycles. The molecule has 0 bridgehead atoms. The van der Waals surface area contributed by atoms with E-state index in [0.717, 1.165) is 39.8 Å². The fourth-order valence-corrected chi connectivity index (χ4v) is 5.88. The van der Waals surface area contributed by atoms with Gasteiger partial charge in [-0.2, -0.15) is 0 Å². The van der Waals surface area contributed by atoms with Crippen LogP contribution in [0.2, 0.25) is 0 Å². The van der Waals surface area contributed by atoms with Gasteiger partial charge >= 0.3 is 0 Å². The molecule has 3 amide bonds. The molecule has 0 spiro atoms. The number of carbonyl (C=O) groups excluding carboxylic acids is 3. The molecule has 39 heavy (non-hydrogen) atoms. The van der Waals surface area contributed by atoms with E-state index >= 15 is 0 Å². The van der Waals surface area contributed by atoms with E-state index in [1.807, 2.05) is 43.3 Å². The highest BCUT2D eigenvalue weighted by atomic mass is 79.9. The summed E-state index contributed by atoms with van der Waals surface area (Å²) in [5.41, 5.74) is 5.16. The van der Waals surface area contributed by atoms with E-state index in [0.29, 0.717) is 41.2 Å². The molecule has 200 valence electrons. The summed E-state index contributed by atoms with van der Waals surface area (Å²) in [7, 11) is 1.55. The minimum Gasteiger partial charge on any atom is -0.493 e. The van der Waals surface area contributed by atoms with Crippen LogP contribution in [0.15, 0.2) is 70.0 Å². The van der Waals surface area contributed by atoms with E-state index in [1.54, 1.807) is 30.2 Å². The Morgan fingerprint density at radius 1 is 1.05 bits per heavy atom. The highest BCUT2D eigenvalue weighted by Gasteiger charge is 2.37. The van der Waals surface area contributed by atoms with Gasteiger partial charge in [0.05, 0.1) is 12.0 Å². The predicted molar refractivity (Wildman–Crippen MR) is 154 cm³/mol. The Kier molecular flexibility index (Phi) is 8.09. The smallest absolute Gasteiger partial charge is 0.294 e. The number of hydrogen-bond donors (Lipinski definition) is 0. The van der Waals surface area contributed by atoms with E-state index in [2.05, 4.69) is 28.1 Å². The molecule has 5 rings (SSSR count). The Morgan fingerprint density at radius 2 is 1.85 bits per heavy atom. The maximum absolute atomic E-state index is 13.1. The summed E-state index contributed by atoms with van der Waals surface area (Å²) >= 11 is 4.38. The number of halogens is 1. The van der Waals surface area contributed by atoms with Crippen LogP contribution in [0, 0.1) is 6.92 Å². The Balaban J connectivity index is 1.28. The van der Waals surface area contributed by atoms with Gasteiger partial charge in [0.25, 0.3) is 11.1 Å². The Bertz CT molecular complexity index is 1490. The maximum atomic E-state index is 13.1. The molecule has 0 radical (unpaired) electrons. The number of carbonyl (C=O) groups is 3. The number of rotatable bonds is 7. The molecule has 2 aliphatic heterocycles. The third-order valence-electron chi connectivity index (χ3n) is 6.70. The van der Waals surface area contributed by atoms with Crippen LogP contribution in [0.3, 0.4) is 0 Å². The number of aryl methyl sites for hydroxylation is 1. The van der Waals surface area contributed by atoms with Crippen molar-refractivity contribution >= 4 is 50.8 Å². The maximum Gasteiger partial charge on any atom is 0.294 e. The molecule has 3 aromatic carbocycles. The van der Waals surface area contributed by atoms with Gasteiger partial charge in [0.2, 0.25) is 5.91 Å². The minimum atomic E-state index is -0.485. The summed E-state index contributed by atoms with van der Waals surface area (Å²) in [5, 5.41) is -0.460. The number of hydrogen-bond acceptors (Lipinski definition) is 6. The van der Waals surface area contributed by atoms with Crippen LogP contribution in [0.5, 0.6) is 11.5 Å². The van der Waals surface area contributed by atoms with Crippen molar-refractivity contribution in [2.24, 2.45) is 0 Å². The van der Waals surface area contributed by atoms with Gasteiger partial charge in [-0.05, 0) is 65.6 Å². The average molecular weight is 608 g/mol. The van der Waals surface area contributed by atoms with Crippen molar-refractivity contribution in [3.05, 3.63) is 97.9 Å². The molecule has 2 heterocycles. The van der Waals surface area contributed by atoms with Gasteiger partial charge in [-0.25, -0.2) is 0 Å². The summed E-state index contributed by atoms with van der Waals surface area (Å²) in [6, 6.07) is 19.6. The lowest BCUT2D eigenvalue weighted by atomic mass is 10.00. The van der Waals surface area contributed by atoms with Crippen molar-refractivity contribution in [2.45, 2.75) is 26.5 Å². The van der Waals surface area contributed by atoms with Crippen LogP contribution >= 0.6 is 27.7 Å². The Hall–Kier alpha value is -3.56. The fourth-order valence-electron chi connectivity index (χ4n) is 4.62. The van der Waals surface area contributed by atoms with Crippen molar-refractivity contribution in [2.75, 3.05) is 20.2 Å². The molecule has 0 atom stereocenters. The second-order valence-corrected chi connectivity index (χ2v) is 11.3. The number of nitrogens with zero attached hydrogens (tertiary/aromatic N) is 2. The molecule has 7 nitrogen and oxygen atoms in total. The third kappa shape index (κ3) is 6.04. The third-order valence-corrected chi connectivity index (χ3v) is 8.29. The van der Waals surface area contributed by atoms with Gasteiger partial charge in [-0.1, -0.05) is 70.0 Å². The molecule has 3 aromatic rings. The van der Waals surface area contributed by atoms with Crippen molar-refractivity contribution in [3.8, 4) is 11.5 Å². The van der Waals surface area contributed by atoms with Crippen LogP contribution in [0.4, 0.5) is 4.79 Å². The zero-order valence-electron chi connectivity index (χ0n) is 21.6. The lowest BCUT2D eigenvalue weighted by Crippen LogP contribution is -2.44. The number of imide groups is 1. The Morgan fingerprint density at radius 3 is 2.62 bits per heavy atom. The Labute approximate surface area is 239 Å². The number of benzene rings is 3. The second-order valence-electron chi connectivity index (χ2n) is 9.40. The molecule has 9 heteroatoms. The fraction of sp³-hybridized carbons (Fsp3) is 0.233. The molecule has 0 aromatic heterocycles. The average Bonchev–Trinajstić information content (AvgIpc) is 3.20. The van der Waals surface area contributed by atoms with Crippen LogP contribution in [-0.2, 0) is 29.2 Å². The molecule has 0 N–H and O–H groups in total. The van der Waals surface area contributed by atoms with E-state index in [1.165, 1.54) is 5.56 Å². The number of amides is 3. The molecule has 0 aliphatic carbocycles. The number of thioether (sulfide) groups is 1.